The van der Waals surface area contributed by atoms with E-state index in [9.17, 15) is 19.2 Å². The molecule has 0 unspecified atom stereocenters. The molecule has 0 saturated carbocycles. The number of rotatable bonds is 12. The van der Waals surface area contributed by atoms with E-state index < -0.39 is 42.0 Å². The molecule has 0 aromatic heterocycles. The minimum Gasteiger partial charge on any atom is -0.460 e. The first-order chi connectivity index (χ1) is 19.0. The van der Waals surface area contributed by atoms with Crippen molar-refractivity contribution in [3.63, 3.8) is 0 Å². The van der Waals surface area contributed by atoms with Crippen molar-refractivity contribution in [1.82, 2.24) is 16.0 Å². The van der Waals surface area contributed by atoms with E-state index in [-0.39, 0.29) is 30.6 Å². The molecule has 0 aliphatic carbocycles. The van der Waals surface area contributed by atoms with Gasteiger partial charge in [0.2, 0.25) is 17.7 Å². The molecule has 3 N–H and O–H groups in total. The largest absolute Gasteiger partial charge is 0.460 e. The van der Waals surface area contributed by atoms with Gasteiger partial charge in [-0.15, -0.1) is 0 Å². The third kappa shape index (κ3) is 11.4. The van der Waals surface area contributed by atoms with E-state index in [4.69, 9.17) is 4.74 Å². The number of carbonyl (C=O) groups is 4. The fraction of sp³-hybridized carbons (Fsp3) is 0.677. The van der Waals surface area contributed by atoms with Crippen LogP contribution in [-0.4, -0.2) is 47.9 Å². The van der Waals surface area contributed by atoms with Gasteiger partial charge in [-0.2, -0.15) is 0 Å². The topological polar surface area (TPSA) is 114 Å². The summed E-state index contributed by atoms with van der Waals surface area (Å²) in [5, 5.41) is 8.39. The Morgan fingerprint density at radius 2 is 1.52 bits per heavy atom. The Hall–Kier alpha value is -2.17. The second kappa shape index (κ2) is 17.6. The normalized spacial score (nSPS) is 24.4. The van der Waals surface area contributed by atoms with Gasteiger partial charge in [0.1, 0.15) is 24.2 Å². The van der Waals surface area contributed by atoms with E-state index in [0.717, 1.165) is 28.4 Å². The minimum absolute atomic E-state index is 0.0457. The maximum absolute atomic E-state index is 13.4. The van der Waals surface area contributed by atoms with E-state index >= 15 is 0 Å². The van der Waals surface area contributed by atoms with Crippen molar-refractivity contribution in [2.75, 3.05) is 0 Å². The van der Waals surface area contributed by atoms with Crippen molar-refractivity contribution in [1.29, 1.82) is 0 Å². The number of esters is 1. The second-order valence-electron chi connectivity index (χ2n) is 11.3. The number of hydrogen-bond acceptors (Lipinski definition) is 5. The molecule has 0 radical (unpaired) electrons. The van der Waals surface area contributed by atoms with E-state index in [2.05, 4.69) is 45.5 Å². The van der Waals surface area contributed by atoms with Crippen molar-refractivity contribution < 1.29 is 23.9 Å². The molecule has 9 heteroatoms. The Balaban J connectivity index is 2.29. The van der Waals surface area contributed by atoms with Gasteiger partial charge in [0.05, 0.1) is 6.42 Å². The number of amides is 3. The predicted octanol–water partition coefficient (Wildman–Crippen LogP) is 5.06. The molecule has 1 aliphatic heterocycles. The number of nitrogens with one attached hydrogen (secondary N) is 3. The zero-order valence-corrected chi connectivity index (χ0v) is 26.9. The van der Waals surface area contributed by atoms with Crippen molar-refractivity contribution in [3.05, 3.63) is 33.4 Å². The molecule has 1 aromatic carbocycles. The number of unbranched alkanes of at least 4 members (excludes halogenated alkanes) is 5. The molecule has 6 atom stereocenters. The van der Waals surface area contributed by atoms with E-state index in [1.165, 1.54) is 25.7 Å². The zero-order valence-electron chi connectivity index (χ0n) is 24.8. The quantitative estimate of drug-likeness (QED) is 0.164. The molecule has 1 aromatic rings. The Bertz CT molecular complexity index is 970. The number of hydrogen-bond donors (Lipinski definition) is 3. The summed E-state index contributed by atoms with van der Waals surface area (Å²) in [7, 11) is 0. The van der Waals surface area contributed by atoms with Gasteiger partial charge >= 0.3 is 5.97 Å². The van der Waals surface area contributed by atoms with Crippen LogP contribution in [0.25, 0.3) is 0 Å². The Labute approximate surface area is 253 Å². The molecule has 8 nitrogen and oxygen atoms in total. The minimum atomic E-state index is -0.897. The summed E-state index contributed by atoms with van der Waals surface area (Å²) in [4.78, 5) is 53.0. The molecule has 3 amide bonds. The lowest BCUT2D eigenvalue weighted by atomic mass is 9.93. The van der Waals surface area contributed by atoms with Gasteiger partial charge in [0.15, 0.2) is 0 Å². The Morgan fingerprint density at radius 1 is 0.875 bits per heavy atom. The van der Waals surface area contributed by atoms with Gasteiger partial charge in [-0.05, 0) is 65.5 Å². The third-order valence-corrected chi connectivity index (χ3v) is 8.54. The molecular formula is C31H48IN3O5. The fourth-order valence-electron chi connectivity index (χ4n) is 4.84. The molecule has 1 aliphatic rings. The average Bonchev–Trinajstić information content (AvgIpc) is 2.93. The number of ether oxygens (including phenoxy) is 1. The maximum Gasteiger partial charge on any atom is 0.329 e. The van der Waals surface area contributed by atoms with Crippen molar-refractivity contribution in [2.24, 2.45) is 11.8 Å². The van der Waals surface area contributed by atoms with Crippen LogP contribution in [0.2, 0.25) is 0 Å². The van der Waals surface area contributed by atoms with Gasteiger partial charge < -0.3 is 20.7 Å². The molecule has 1 saturated heterocycles. The van der Waals surface area contributed by atoms with Gasteiger partial charge in [0.25, 0.3) is 0 Å². The lowest BCUT2D eigenvalue weighted by Gasteiger charge is -2.29. The van der Waals surface area contributed by atoms with E-state index in [1.807, 2.05) is 45.0 Å². The third-order valence-electron chi connectivity index (χ3n) is 7.82. The maximum atomic E-state index is 13.4. The summed E-state index contributed by atoms with van der Waals surface area (Å²) in [5.41, 5.74) is 0.888. The van der Waals surface area contributed by atoms with Crippen LogP contribution in [-0.2, 0) is 30.3 Å². The molecule has 224 valence electrons. The summed E-state index contributed by atoms with van der Waals surface area (Å²) in [6.07, 6.45) is 7.93. The van der Waals surface area contributed by atoms with Gasteiger partial charge in [-0.3, -0.25) is 14.4 Å². The lowest BCUT2D eigenvalue weighted by molar-refractivity contribution is -0.158. The van der Waals surface area contributed by atoms with Crippen molar-refractivity contribution >= 4 is 46.3 Å². The van der Waals surface area contributed by atoms with Gasteiger partial charge in [-0.1, -0.05) is 84.8 Å². The lowest BCUT2D eigenvalue weighted by Crippen LogP contribution is -2.55. The van der Waals surface area contributed by atoms with Crippen LogP contribution in [0, 0.1) is 15.4 Å². The summed E-state index contributed by atoms with van der Waals surface area (Å²) >= 11 is 2.21. The molecule has 1 fully saturated rings. The Morgan fingerprint density at radius 3 is 2.17 bits per heavy atom. The molecule has 2 rings (SSSR count). The molecule has 40 heavy (non-hydrogen) atoms. The molecule has 0 bridgehead atoms. The monoisotopic (exact) mass is 669 g/mol. The number of carbonyl (C=O) groups excluding carboxylic acids is 4. The highest BCUT2D eigenvalue weighted by Crippen LogP contribution is 2.22. The summed E-state index contributed by atoms with van der Waals surface area (Å²) < 4.78 is 7.05. The summed E-state index contributed by atoms with van der Waals surface area (Å²) in [6, 6.07) is 5.09. The van der Waals surface area contributed by atoms with Gasteiger partial charge in [0, 0.05) is 9.99 Å². The number of cyclic esters (lactones) is 1. The van der Waals surface area contributed by atoms with Crippen LogP contribution in [0.1, 0.15) is 98.0 Å². The van der Waals surface area contributed by atoms with Crippen LogP contribution in [0.5, 0.6) is 0 Å². The van der Waals surface area contributed by atoms with Crippen LogP contribution in [0.3, 0.4) is 0 Å². The van der Waals surface area contributed by atoms with Crippen LogP contribution < -0.4 is 16.0 Å². The number of halogens is 1. The molecule has 0 spiro atoms. The first-order valence-corrected chi connectivity index (χ1v) is 16.0. The summed E-state index contributed by atoms with van der Waals surface area (Å²) in [6.45, 7) is 9.59. The van der Waals surface area contributed by atoms with Crippen molar-refractivity contribution in [2.45, 2.75) is 123 Å². The van der Waals surface area contributed by atoms with Crippen LogP contribution in [0.4, 0.5) is 0 Å². The predicted molar refractivity (Wildman–Crippen MR) is 165 cm³/mol. The highest BCUT2D eigenvalue weighted by molar-refractivity contribution is 14.1. The van der Waals surface area contributed by atoms with E-state index in [1.54, 1.807) is 6.92 Å². The SMILES string of the molecule is CCCCCCCC[C@H](C)[C@@H]1CC(=O)N[C@@H](Cc2ccc(I)cc2)C(=O)N[C@@H](C)C(=O)N[C@H]([C@@H](C)CC)C(=O)O1. The smallest absolute Gasteiger partial charge is 0.329 e. The fourth-order valence-corrected chi connectivity index (χ4v) is 5.20. The first-order valence-electron chi connectivity index (χ1n) is 14.9. The average molecular weight is 670 g/mol. The molecular weight excluding hydrogens is 621 g/mol. The highest BCUT2D eigenvalue weighted by Gasteiger charge is 2.35. The second-order valence-corrected chi connectivity index (χ2v) is 12.5. The van der Waals surface area contributed by atoms with Gasteiger partial charge in [-0.25, -0.2) is 4.79 Å². The Kier molecular flexibility index (Phi) is 15.0. The number of benzene rings is 1. The molecule has 1 heterocycles. The van der Waals surface area contributed by atoms with E-state index in [0.29, 0.717) is 6.42 Å². The van der Waals surface area contributed by atoms with Crippen LogP contribution in [0.15, 0.2) is 24.3 Å². The van der Waals surface area contributed by atoms with Crippen molar-refractivity contribution in [3.8, 4) is 0 Å². The standard InChI is InChI=1S/C31H48IN3O5/c1-6-8-9-10-11-12-13-21(4)26-19-27(36)34-25(18-23-14-16-24(32)17-15-23)30(38)33-22(5)29(37)35-28(20(3)7-2)31(39)40-26/h14-17,20-22,25-26,28H,6-13,18-19H2,1-5H3,(H,33,38)(H,34,36)(H,35,37)/t20-,21-,22-,25-,26-,28+/m0/s1. The first kappa shape index (κ1) is 34.0. The summed E-state index contributed by atoms with van der Waals surface area (Å²) in [5.74, 6) is -2.04. The zero-order chi connectivity index (χ0) is 29.7. The van der Waals surface area contributed by atoms with Crippen LogP contribution >= 0.6 is 22.6 Å². The highest BCUT2D eigenvalue weighted by atomic mass is 127.